The molecule has 1 aliphatic heterocycles. The molecule has 0 spiro atoms. The van der Waals surface area contributed by atoms with Crippen LogP contribution in [0.1, 0.15) is 41.0 Å². The van der Waals surface area contributed by atoms with Gasteiger partial charge in [0.2, 0.25) is 11.8 Å². The van der Waals surface area contributed by atoms with E-state index in [1.54, 1.807) is 45.4 Å². The number of amides is 2. The Bertz CT molecular complexity index is 2040. The quantitative estimate of drug-likeness (QED) is 0.129. The van der Waals surface area contributed by atoms with Crippen molar-refractivity contribution < 1.29 is 33.8 Å². The smallest absolute Gasteiger partial charge is 0.238 e. The van der Waals surface area contributed by atoms with E-state index in [2.05, 4.69) is 15.9 Å². The zero-order valence-electron chi connectivity index (χ0n) is 26.5. The number of nitrogens with zero attached hydrogens (tertiary/aromatic N) is 1. The van der Waals surface area contributed by atoms with Gasteiger partial charge in [-0.3, -0.25) is 24.1 Å². The molecule has 3 aromatic carbocycles. The molecule has 0 radical (unpaired) electrons. The molecule has 242 valence electrons. The molecule has 8 nitrogen and oxygen atoms in total. The number of Topliss-reactive ketones (excluding diaryl/α,β-unsaturated/α-hetero) is 1. The summed E-state index contributed by atoms with van der Waals surface area (Å²) in [5.74, 6) is -1.87. The summed E-state index contributed by atoms with van der Waals surface area (Å²) in [6.45, 7) is 1.78. The number of phenols is 1. The van der Waals surface area contributed by atoms with Gasteiger partial charge in [-0.05, 0) is 94.7 Å². The van der Waals surface area contributed by atoms with Crippen molar-refractivity contribution in [2.24, 2.45) is 17.8 Å². The maximum atomic E-state index is 14.3. The van der Waals surface area contributed by atoms with Gasteiger partial charge in [0, 0.05) is 28.7 Å². The lowest BCUT2D eigenvalue weighted by Gasteiger charge is -2.42. The largest absolute Gasteiger partial charge is 0.508 e. The van der Waals surface area contributed by atoms with Crippen molar-refractivity contribution in [1.29, 1.82) is 0 Å². The summed E-state index contributed by atoms with van der Waals surface area (Å²) in [5, 5.41) is 10.2. The first-order valence-corrected chi connectivity index (χ1v) is 16.5. The van der Waals surface area contributed by atoms with Gasteiger partial charge in [0.25, 0.3) is 0 Å². The average Bonchev–Trinajstić information content (AvgIpc) is 3.35. The molecule has 0 aromatic heterocycles. The van der Waals surface area contributed by atoms with Crippen molar-refractivity contribution in [1.82, 2.24) is 0 Å². The minimum absolute atomic E-state index is 0.125. The molecule has 1 heterocycles. The van der Waals surface area contributed by atoms with E-state index in [0.717, 1.165) is 22.3 Å². The Morgan fingerprint density at radius 1 is 0.896 bits per heavy atom. The number of imide groups is 1. The number of methoxy groups -OCH3 is 2. The molecule has 3 aromatic rings. The summed E-state index contributed by atoms with van der Waals surface area (Å²) < 4.78 is 11.0. The molecule has 0 saturated carbocycles. The molecule has 1 saturated heterocycles. The molecule has 1 N–H and O–H groups in total. The Balaban J connectivity index is 1.21. The van der Waals surface area contributed by atoms with Gasteiger partial charge in [-0.15, -0.1) is 0 Å². The van der Waals surface area contributed by atoms with E-state index >= 15 is 0 Å². The van der Waals surface area contributed by atoms with Crippen LogP contribution in [0.3, 0.4) is 0 Å². The summed E-state index contributed by atoms with van der Waals surface area (Å²) in [4.78, 5) is 56.4. The van der Waals surface area contributed by atoms with E-state index in [9.17, 15) is 24.3 Å². The third kappa shape index (κ3) is 5.13. The standard InChI is InChI=1S/C39H32BrNO7/c1-20-16-23(8-14-31(20)42)34-26-12-13-27-35(28(26)18-29-36(34)32(43)19-30(40)37(29)44)39(46)41(38(27)45)24-9-5-21(6-10-24)4-7-22-17-25(47-2)11-15-33(22)48-3/h4-12,14-17,19,27-28,34-35,42H,13,18H2,1-3H3. The number of allylic oxidation sites excluding steroid dienone is 6. The highest BCUT2D eigenvalue weighted by Gasteiger charge is 2.56. The van der Waals surface area contributed by atoms with E-state index in [1.807, 2.05) is 54.6 Å². The number of benzene rings is 3. The maximum Gasteiger partial charge on any atom is 0.238 e. The lowest BCUT2D eigenvalue weighted by atomic mass is 9.59. The van der Waals surface area contributed by atoms with Crippen LogP contribution < -0.4 is 14.4 Å². The third-order valence-electron chi connectivity index (χ3n) is 9.93. The van der Waals surface area contributed by atoms with E-state index in [1.165, 1.54) is 11.0 Å². The fourth-order valence-electron chi connectivity index (χ4n) is 7.59. The van der Waals surface area contributed by atoms with Crippen LogP contribution in [0.15, 0.2) is 94.0 Å². The third-order valence-corrected chi connectivity index (χ3v) is 10.5. The van der Waals surface area contributed by atoms with Gasteiger partial charge in [0.05, 0.1) is 36.2 Å². The number of fused-ring (bicyclic) bond motifs is 3. The number of phenolic OH excluding ortho intramolecular Hbond substituents is 1. The number of hydrogen-bond donors (Lipinski definition) is 1. The molecule has 1 fully saturated rings. The maximum absolute atomic E-state index is 14.3. The molecular weight excluding hydrogens is 674 g/mol. The monoisotopic (exact) mass is 705 g/mol. The lowest BCUT2D eigenvalue weighted by Crippen LogP contribution is -2.39. The highest BCUT2D eigenvalue weighted by atomic mass is 79.9. The number of aromatic hydroxyl groups is 1. The fourth-order valence-corrected chi connectivity index (χ4v) is 8.04. The van der Waals surface area contributed by atoms with Crippen LogP contribution in [0.4, 0.5) is 5.69 Å². The number of hydrogen-bond acceptors (Lipinski definition) is 7. The molecular formula is C39H32BrNO7. The zero-order valence-corrected chi connectivity index (χ0v) is 28.1. The second-order valence-electron chi connectivity index (χ2n) is 12.5. The normalized spacial score (nSPS) is 23.5. The number of anilines is 1. The number of halogens is 1. The molecule has 48 heavy (non-hydrogen) atoms. The fraction of sp³-hybridized carbons (Fsp3) is 0.231. The first kappa shape index (κ1) is 31.6. The predicted molar refractivity (Wildman–Crippen MR) is 185 cm³/mol. The van der Waals surface area contributed by atoms with Crippen molar-refractivity contribution in [3.05, 3.63) is 116 Å². The van der Waals surface area contributed by atoms with Crippen LogP contribution in [-0.4, -0.2) is 42.7 Å². The van der Waals surface area contributed by atoms with Crippen LogP contribution in [-0.2, 0) is 19.2 Å². The number of rotatable bonds is 6. The second kappa shape index (κ2) is 12.2. The molecule has 9 heteroatoms. The molecule has 0 bridgehead atoms. The van der Waals surface area contributed by atoms with Gasteiger partial charge in [-0.25, -0.2) is 0 Å². The number of aryl methyl sites for hydroxylation is 1. The molecule has 3 aliphatic carbocycles. The lowest BCUT2D eigenvalue weighted by molar-refractivity contribution is -0.123. The molecule has 4 atom stereocenters. The van der Waals surface area contributed by atoms with Gasteiger partial charge >= 0.3 is 0 Å². The number of ether oxygens (including phenoxy) is 2. The predicted octanol–water partition coefficient (Wildman–Crippen LogP) is 6.85. The number of ketones is 2. The summed E-state index contributed by atoms with van der Waals surface area (Å²) in [6, 6.07) is 17.9. The van der Waals surface area contributed by atoms with Crippen LogP contribution in [0.5, 0.6) is 17.2 Å². The summed E-state index contributed by atoms with van der Waals surface area (Å²) in [6.07, 6.45) is 7.66. The van der Waals surface area contributed by atoms with Crippen molar-refractivity contribution in [3.8, 4) is 17.2 Å². The average molecular weight is 707 g/mol. The van der Waals surface area contributed by atoms with Gasteiger partial charge in [0.15, 0.2) is 11.6 Å². The first-order chi connectivity index (χ1) is 23.1. The first-order valence-electron chi connectivity index (χ1n) is 15.7. The van der Waals surface area contributed by atoms with Crippen LogP contribution >= 0.6 is 15.9 Å². The number of carbonyl (C=O) groups is 4. The van der Waals surface area contributed by atoms with Crippen LogP contribution in [0.25, 0.3) is 12.2 Å². The summed E-state index contributed by atoms with van der Waals surface area (Å²) in [5.41, 5.74) is 5.21. The van der Waals surface area contributed by atoms with Crippen molar-refractivity contribution in [2.75, 3.05) is 19.1 Å². The molecule has 4 aliphatic rings. The van der Waals surface area contributed by atoms with Gasteiger partial charge in [0.1, 0.15) is 17.2 Å². The topological polar surface area (TPSA) is 110 Å². The highest BCUT2D eigenvalue weighted by Crippen LogP contribution is 2.55. The minimum Gasteiger partial charge on any atom is -0.508 e. The van der Waals surface area contributed by atoms with Crippen molar-refractivity contribution in [3.63, 3.8) is 0 Å². The van der Waals surface area contributed by atoms with E-state index in [4.69, 9.17) is 9.47 Å². The SMILES string of the molecule is COc1ccc(OC)c(C=Cc2ccc(N3C(=O)C4CC=C5C(c6ccc(O)c(C)c6)C6=C(CC5C4C3=O)C(=O)C(Br)=CC6=O)cc2)c1. The summed E-state index contributed by atoms with van der Waals surface area (Å²) in [7, 11) is 3.21. The van der Waals surface area contributed by atoms with Gasteiger partial charge in [-0.2, -0.15) is 0 Å². The highest BCUT2D eigenvalue weighted by molar-refractivity contribution is 9.12. The summed E-state index contributed by atoms with van der Waals surface area (Å²) >= 11 is 3.27. The van der Waals surface area contributed by atoms with Crippen LogP contribution in [0, 0.1) is 24.7 Å². The van der Waals surface area contributed by atoms with Crippen molar-refractivity contribution in [2.45, 2.75) is 25.7 Å². The Hall–Kier alpha value is -5.02. The zero-order chi connectivity index (χ0) is 33.9. The van der Waals surface area contributed by atoms with Gasteiger partial charge < -0.3 is 14.6 Å². The Morgan fingerprint density at radius 3 is 2.38 bits per heavy atom. The van der Waals surface area contributed by atoms with E-state index in [-0.39, 0.29) is 40.0 Å². The second-order valence-corrected chi connectivity index (χ2v) is 13.3. The Morgan fingerprint density at radius 2 is 1.67 bits per heavy atom. The van der Waals surface area contributed by atoms with E-state index < -0.39 is 23.7 Å². The molecule has 4 unspecified atom stereocenters. The Kier molecular flexibility index (Phi) is 8.03. The Labute approximate surface area is 286 Å². The molecule has 2 amide bonds. The van der Waals surface area contributed by atoms with E-state index in [0.29, 0.717) is 40.3 Å². The van der Waals surface area contributed by atoms with Gasteiger partial charge in [-0.1, -0.05) is 48.1 Å². The molecule has 7 rings (SSSR count). The number of carbonyl (C=O) groups excluding carboxylic acids is 4. The van der Waals surface area contributed by atoms with Crippen molar-refractivity contribution >= 4 is 57.2 Å². The minimum atomic E-state index is -0.681. The van der Waals surface area contributed by atoms with Crippen LogP contribution in [0.2, 0.25) is 0 Å².